The first-order valence-electron chi connectivity index (χ1n) is 9.63. The first-order chi connectivity index (χ1) is 14.4. The molecule has 1 aliphatic rings. The molecule has 0 radical (unpaired) electrons. The van der Waals surface area contributed by atoms with E-state index in [-0.39, 0.29) is 11.6 Å². The SMILES string of the molecule is CCc1nsc(N2CCCN(c3cc(C(F)(F)F)nc(-c4ccncc4)n3)CC2)n1. The van der Waals surface area contributed by atoms with Crippen molar-refractivity contribution >= 4 is 22.5 Å². The van der Waals surface area contributed by atoms with Crippen LogP contribution >= 0.6 is 11.5 Å². The number of aromatic nitrogens is 5. The first kappa shape index (κ1) is 20.5. The van der Waals surface area contributed by atoms with Gasteiger partial charge < -0.3 is 9.80 Å². The molecule has 0 N–H and O–H groups in total. The molecule has 0 aliphatic carbocycles. The average Bonchev–Trinajstić information content (AvgIpc) is 3.10. The van der Waals surface area contributed by atoms with E-state index < -0.39 is 11.9 Å². The Bertz CT molecular complexity index is 993. The zero-order valence-corrected chi connectivity index (χ0v) is 17.1. The zero-order valence-electron chi connectivity index (χ0n) is 16.3. The predicted octanol–water partition coefficient (Wildman–Crippen LogP) is 3.69. The highest BCUT2D eigenvalue weighted by Gasteiger charge is 2.34. The van der Waals surface area contributed by atoms with Gasteiger partial charge in [-0.2, -0.15) is 17.5 Å². The Morgan fingerprint density at radius 2 is 1.73 bits per heavy atom. The molecule has 1 saturated heterocycles. The van der Waals surface area contributed by atoms with Crippen LogP contribution in [-0.2, 0) is 12.6 Å². The van der Waals surface area contributed by atoms with E-state index in [2.05, 4.69) is 29.2 Å². The molecule has 0 atom stereocenters. The van der Waals surface area contributed by atoms with Gasteiger partial charge in [-0.3, -0.25) is 4.98 Å². The lowest BCUT2D eigenvalue weighted by atomic mass is 10.2. The number of pyridine rings is 1. The summed E-state index contributed by atoms with van der Waals surface area (Å²) in [7, 11) is 0. The van der Waals surface area contributed by atoms with Crippen LogP contribution in [0.4, 0.5) is 24.1 Å². The number of halogens is 3. The summed E-state index contributed by atoms with van der Waals surface area (Å²) in [5.74, 6) is 1.13. The minimum Gasteiger partial charge on any atom is -0.355 e. The number of nitrogens with zero attached hydrogens (tertiary/aromatic N) is 7. The summed E-state index contributed by atoms with van der Waals surface area (Å²) in [5, 5.41) is 0.852. The fourth-order valence-corrected chi connectivity index (χ4v) is 4.03. The highest BCUT2D eigenvalue weighted by molar-refractivity contribution is 7.09. The Balaban J connectivity index is 1.61. The Morgan fingerprint density at radius 3 is 2.43 bits per heavy atom. The minimum absolute atomic E-state index is 0.0417. The van der Waals surface area contributed by atoms with Crippen LogP contribution in [0.25, 0.3) is 11.4 Å². The molecule has 30 heavy (non-hydrogen) atoms. The second-order valence-electron chi connectivity index (χ2n) is 6.84. The molecule has 0 aromatic carbocycles. The van der Waals surface area contributed by atoms with Crippen molar-refractivity contribution in [3.63, 3.8) is 0 Å². The monoisotopic (exact) mass is 435 g/mol. The fraction of sp³-hybridized carbons (Fsp3) is 0.421. The molecule has 7 nitrogen and oxygen atoms in total. The number of aryl methyl sites for hydroxylation is 1. The van der Waals surface area contributed by atoms with E-state index in [1.54, 1.807) is 12.1 Å². The van der Waals surface area contributed by atoms with Crippen LogP contribution in [-0.4, -0.2) is 50.5 Å². The summed E-state index contributed by atoms with van der Waals surface area (Å²) >= 11 is 1.36. The van der Waals surface area contributed by atoms with Gasteiger partial charge in [0.2, 0.25) is 5.13 Å². The number of rotatable bonds is 4. The van der Waals surface area contributed by atoms with E-state index in [0.717, 1.165) is 36.4 Å². The number of hydrogen-bond donors (Lipinski definition) is 0. The second-order valence-corrected chi connectivity index (χ2v) is 7.57. The third-order valence-corrected chi connectivity index (χ3v) is 5.62. The maximum atomic E-state index is 13.5. The maximum absolute atomic E-state index is 13.5. The molecular weight excluding hydrogens is 415 g/mol. The molecule has 1 fully saturated rings. The van der Waals surface area contributed by atoms with Gasteiger partial charge in [-0.05, 0) is 18.6 Å². The van der Waals surface area contributed by atoms with Crippen LogP contribution in [0.5, 0.6) is 0 Å². The third-order valence-electron chi connectivity index (χ3n) is 4.81. The Labute approximate surface area is 175 Å². The average molecular weight is 435 g/mol. The summed E-state index contributed by atoms with van der Waals surface area (Å²) in [4.78, 5) is 20.6. The Kier molecular flexibility index (Phi) is 5.80. The second kappa shape index (κ2) is 8.50. The Hall–Kier alpha value is -2.82. The van der Waals surface area contributed by atoms with Crippen molar-refractivity contribution in [1.29, 1.82) is 0 Å². The highest BCUT2D eigenvalue weighted by atomic mass is 32.1. The van der Waals surface area contributed by atoms with Gasteiger partial charge >= 0.3 is 6.18 Å². The van der Waals surface area contributed by atoms with E-state index in [0.29, 0.717) is 25.2 Å². The molecule has 0 bridgehead atoms. The van der Waals surface area contributed by atoms with E-state index >= 15 is 0 Å². The minimum atomic E-state index is -4.56. The quantitative estimate of drug-likeness (QED) is 0.619. The van der Waals surface area contributed by atoms with E-state index in [4.69, 9.17) is 0 Å². The smallest absolute Gasteiger partial charge is 0.355 e. The molecule has 11 heteroatoms. The van der Waals surface area contributed by atoms with Crippen LogP contribution < -0.4 is 9.80 Å². The lowest BCUT2D eigenvalue weighted by Crippen LogP contribution is -2.31. The topological polar surface area (TPSA) is 70.9 Å². The molecule has 0 unspecified atom stereocenters. The van der Waals surface area contributed by atoms with Crippen LogP contribution in [0.2, 0.25) is 0 Å². The van der Waals surface area contributed by atoms with Crippen LogP contribution in [0, 0.1) is 0 Å². The molecule has 0 spiro atoms. The van der Waals surface area contributed by atoms with E-state index in [1.165, 1.54) is 23.9 Å². The Morgan fingerprint density at radius 1 is 1.00 bits per heavy atom. The van der Waals surface area contributed by atoms with Gasteiger partial charge in [-0.25, -0.2) is 15.0 Å². The van der Waals surface area contributed by atoms with Gasteiger partial charge in [0.1, 0.15) is 11.6 Å². The molecule has 3 aromatic rings. The van der Waals surface area contributed by atoms with Gasteiger partial charge in [0, 0.05) is 68.2 Å². The summed E-state index contributed by atoms with van der Waals surface area (Å²) in [5.41, 5.74) is -0.452. The molecule has 1 aliphatic heterocycles. The highest BCUT2D eigenvalue weighted by Crippen LogP contribution is 2.32. The largest absolute Gasteiger partial charge is 0.433 e. The summed E-state index contributed by atoms with van der Waals surface area (Å²) in [6.45, 7) is 4.53. The van der Waals surface area contributed by atoms with Gasteiger partial charge in [0.05, 0.1) is 0 Å². The molecule has 0 amide bonds. The van der Waals surface area contributed by atoms with Crippen LogP contribution in [0.3, 0.4) is 0 Å². The van der Waals surface area contributed by atoms with Crippen molar-refractivity contribution in [3.05, 3.63) is 42.1 Å². The lowest BCUT2D eigenvalue weighted by Gasteiger charge is -2.23. The standard InChI is InChI=1S/C19H20F3N7S/c1-2-15-25-18(30-27-15)29-9-3-8-28(10-11-29)16-12-14(19(20,21)22)24-17(26-16)13-4-6-23-7-5-13/h4-7,12H,2-3,8-11H2,1H3. The summed E-state index contributed by atoms with van der Waals surface area (Å²) in [6.07, 6.45) is 0.0109. The number of anilines is 2. The molecule has 4 rings (SSSR count). The molecule has 0 saturated carbocycles. The van der Waals surface area contributed by atoms with Crippen molar-refractivity contribution in [2.24, 2.45) is 0 Å². The normalized spacial score (nSPS) is 15.3. The van der Waals surface area contributed by atoms with Gasteiger partial charge in [0.25, 0.3) is 0 Å². The summed E-state index contributed by atoms with van der Waals surface area (Å²) in [6, 6.07) is 4.23. The number of hydrogen-bond acceptors (Lipinski definition) is 8. The van der Waals surface area contributed by atoms with Crippen molar-refractivity contribution in [1.82, 2.24) is 24.3 Å². The van der Waals surface area contributed by atoms with E-state index in [9.17, 15) is 13.2 Å². The van der Waals surface area contributed by atoms with Crippen LogP contribution in [0.1, 0.15) is 24.9 Å². The van der Waals surface area contributed by atoms with Crippen molar-refractivity contribution in [2.45, 2.75) is 25.9 Å². The fourth-order valence-electron chi connectivity index (χ4n) is 3.23. The zero-order chi connectivity index (χ0) is 21.1. The maximum Gasteiger partial charge on any atom is 0.433 e. The van der Waals surface area contributed by atoms with Crippen LogP contribution in [0.15, 0.2) is 30.6 Å². The van der Waals surface area contributed by atoms with Gasteiger partial charge in [-0.1, -0.05) is 6.92 Å². The van der Waals surface area contributed by atoms with Crippen molar-refractivity contribution in [2.75, 3.05) is 36.0 Å². The van der Waals surface area contributed by atoms with Gasteiger partial charge in [0.15, 0.2) is 11.5 Å². The molecule has 3 aromatic heterocycles. The third kappa shape index (κ3) is 4.50. The predicted molar refractivity (Wildman–Crippen MR) is 109 cm³/mol. The summed E-state index contributed by atoms with van der Waals surface area (Å²) < 4.78 is 44.8. The van der Waals surface area contributed by atoms with Crippen molar-refractivity contribution < 1.29 is 13.2 Å². The van der Waals surface area contributed by atoms with E-state index in [1.807, 2.05) is 11.8 Å². The lowest BCUT2D eigenvalue weighted by molar-refractivity contribution is -0.141. The number of alkyl halides is 3. The molecule has 158 valence electrons. The first-order valence-corrected chi connectivity index (χ1v) is 10.4. The van der Waals surface area contributed by atoms with Gasteiger partial charge in [-0.15, -0.1) is 0 Å². The van der Waals surface area contributed by atoms with Crippen molar-refractivity contribution in [3.8, 4) is 11.4 Å². The molecular formula is C19H20F3N7S. The molecule has 4 heterocycles.